The van der Waals surface area contributed by atoms with Crippen LogP contribution < -0.4 is 10.6 Å². The van der Waals surface area contributed by atoms with Crippen LogP contribution in [0.15, 0.2) is 24.3 Å². The Balaban J connectivity index is 2.55. The van der Waals surface area contributed by atoms with E-state index in [9.17, 15) is 9.59 Å². The van der Waals surface area contributed by atoms with Gasteiger partial charge in [0.25, 0.3) is 0 Å². The minimum Gasteiger partial charge on any atom is -0.308 e. The normalized spacial score (nSPS) is 10.1. The molecule has 18 heavy (non-hydrogen) atoms. The van der Waals surface area contributed by atoms with Crippen LogP contribution in [0.2, 0.25) is 0 Å². The zero-order valence-corrected chi connectivity index (χ0v) is 10.0. The third kappa shape index (κ3) is 2.60. The van der Waals surface area contributed by atoms with Gasteiger partial charge in [-0.2, -0.15) is 0 Å². The number of amides is 2. The highest BCUT2D eigenvalue weighted by molar-refractivity contribution is 5.97. The van der Waals surface area contributed by atoms with E-state index in [-0.39, 0.29) is 23.5 Å². The molecule has 1 heterocycles. The van der Waals surface area contributed by atoms with E-state index in [0.29, 0.717) is 11.0 Å². The number of carbonyl (C=O) groups is 2. The molecule has 92 valence electrons. The average Bonchev–Trinajstić information content (AvgIpc) is 2.28. The van der Waals surface area contributed by atoms with Crippen molar-refractivity contribution in [1.29, 1.82) is 0 Å². The van der Waals surface area contributed by atoms with Crippen LogP contribution in [-0.2, 0) is 9.59 Å². The summed E-state index contributed by atoms with van der Waals surface area (Å²) in [6, 6.07) is 7.22. The Hall–Kier alpha value is -2.50. The number of para-hydroxylation sites is 2. The van der Waals surface area contributed by atoms with E-state index in [0.717, 1.165) is 0 Å². The molecular formula is C12H12N4O2. The summed E-state index contributed by atoms with van der Waals surface area (Å²) in [4.78, 5) is 30.7. The van der Waals surface area contributed by atoms with Crippen molar-refractivity contribution in [3.63, 3.8) is 0 Å². The number of nitrogens with zero attached hydrogens (tertiary/aromatic N) is 2. The van der Waals surface area contributed by atoms with Crippen molar-refractivity contribution < 1.29 is 9.59 Å². The first-order valence-electron chi connectivity index (χ1n) is 5.38. The van der Waals surface area contributed by atoms with Gasteiger partial charge < -0.3 is 10.6 Å². The molecule has 2 aromatic rings. The largest absolute Gasteiger partial charge is 0.308 e. The first-order valence-corrected chi connectivity index (χ1v) is 5.38. The summed E-state index contributed by atoms with van der Waals surface area (Å²) in [5.41, 5.74) is 1.30. The molecule has 2 N–H and O–H groups in total. The van der Waals surface area contributed by atoms with Gasteiger partial charge >= 0.3 is 0 Å². The van der Waals surface area contributed by atoms with Gasteiger partial charge in [-0.1, -0.05) is 12.1 Å². The molecule has 0 spiro atoms. The van der Waals surface area contributed by atoms with Crippen LogP contribution in [0.5, 0.6) is 0 Å². The Morgan fingerprint density at radius 3 is 1.61 bits per heavy atom. The molecule has 0 radical (unpaired) electrons. The molecule has 0 fully saturated rings. The van der Waals surface area contributed by atoms with Crippen LogP contribution in [0.1, 0.15) is 13.8 Å². The summed E-state index contributed by atoms with van der Waals surface area (Å²) >= 11 is 0. The number of anilines is 2. The van der Waals surface area contributed by atoms with Crippen LogP contribution in [0.3, 0.4) is 0 Å². The predicted octanol–water partition coefficient (Wildman–Crippen LogP) is 1.55. The Morgan fingerprint density at radius 1 is 0.889 bits per heavy atom. The smallest absolute Gasteiger partial charge is 0.222 e. The predicted molar refractivity (Wildman–Crippen MR) is 68.1 cm³/mol. The lowest BCUT2D eigenvalue weighted by atomic mass is 10.3. The fraction of sp³-hybridized carbons (Fsp3) is 0.167. The molecule has 0 aliphatic rings. The third-order valence-electron chi connectivity index (χ3n) is 2.16. The summed E-state index contributed by atoms with van der Waals surface area (Å²) in [7, 11) is 0. The summed E-state index contributed by atoms with van der Waals surface area (Å²) < 4.78 is 0. The summed E-state index contributed by atoms with van der Waals surface area (Å²) in [6.07, 6.45) is 0. The van der Waals surface area contributed by atoms with E-state index in [2.05, 4.69) is 20.6 Å². The topological polar surface area (TPSA) is 84.0 Å². The summed E-state index contributed by atoms with van der Waals surface area (Å²) in [6.45, 7) is 2.74. The second-order valence-corrected chi connectivity index (χ2v) is 3.77. The van der Waals surface area contributed by atoms with Gasteiger partial charge in [0, 0.05) is 13.8 Å². The van der Waals surface area contributed by atoms with Gasteiger partial charge in [0.2, 0.25) is 11.8 Å². The third-order valence-corrected chi connectivity index (χ3v) is 2.16. The van der Waals surface area contributed by atoms with Gasteiger partial charge in [-0.05, 0) is 12.1 Å². The van der Waals surface area contributed by atoms with E-state index in [4.69, 9.17) is 0 Å². The molecule has 6 heteroatoms. The van der Waals surface area contributed by atoms with Gasteiger partial charge in [0.1, 0.15) is 0 Å². The summed E-state index contributed by atoms with van der Waals surface area (Å²) in [5, 5.41) is 5.09. The Kier molecular flexibility index (Phi) is 3.18. The maximum Gasteiger partial charge on any atom is 0.222 e. The highest BCUT2D eigenvalue weighted by atomic mass is 16.2. The number of nitrogens with one attached hydrogen (secondary N) is 2. The van der Waals surface area contributed by atoms with Crippen LogP contribution in [0.25, 0.3) is 11.0 Å². The first-order chi connectivity index (χ1) is 8.56. The van der Waals surface area contributed by atoms with Crippen molar-refractivity contribution in [3.05, 3.63) is 24.3 Å². The molecule has 0 aliphatic carbocycles. The van der Waals surface area contributed by atoms with E-state index in [1.807, 2.05) is 12.1 Å². The maximum absolute atomic E-state index is 11.1. The van der Waals surface area contributed by atoms with E-state index in [1.54, 1.807) is 12.1 Å². The van der Waals surface area contributed by atoms with Crippen LogP contribution in [0, 0.1) is 0 Å². The van der Waals surface area contributed by atoms with Crippen LogP contribution >= 0.6 is 0 Å². The molecule has 2 amide bonds. The number of aromatic nitrogens is 2. The van der Waals surface area contributed by atoms with Crippen LogP contribution in [-0.4, -0.2) is 21.8 Å². The molecule has 0 atom stereocenters. The monoisotopic (exact) mass is 244 g/mol. The molecule has 1 aromatic carbocycles. The molecule has 0 saturated heterocycles. The number of hydrogen-bond acceptors (Lipinski definition) is 4. The first kappa shape index (κ1) is 12.0. The average molecular weight is 244 g/mol. The van der Waals surface area contributed by atoms with Crippen molar-refractivity contribution in [2.45, 2.75) is 13.8 Å². The second kappa shape index (κ2) is 4.79. The quantitative estimate of drug-likeness (QED) is 0.839. The van der Waals surface area contributed by atoms with Gasteiger partial charge in [-0.3, -0.25) is 9.59 Å². The van der Waals surface area contributed by atoms with Gasteiger partial charge in [-0.15, -0.1) is 0 Å². The van der Waals surface area contributed by atoms with Crippen molar-refractivity contribution >= 4 is 34.5 Å². The van der Waals surface area contributed by atoms with Crippen molar-refractivity contribution in [2.75, 3.05) is 10.6 Å². The van der Waals surface area contributed by atoms with Crippen LogP contribution in [0.4, 0.5) is 11.6 Å². The zero-order chi connectivity index (χ0) is 13.1. The van der Waals surface area contributed by atoms with Crippen molar-refractivity contribution in [1.82, 2.24) is 9.97 Å². The van der Waals surface area contributed by atoms with E-state index < -0.39 is 0 Å². The minimum atomic E-state index is -0.272. The van der Waals surface area contributed by atoms with Crippen molar-refractivity contribution in [3.8, 4) is 0 Å². The second-order valence-electron chi connectivity index (χ2n) is 3.77. The molecule has 1 aromatic heterocycles. The molecule has 6 nitrogen and oxygen atoms in total. The molecule has 0 bridgehead atoms. The van der Waals surface area contributed by atoms with Crippen molar-refractivity contribution in [2.24, 2.45) is 0 Å². The van der Waals surface area contributed by atoms with Gasteiger partial charge in [-0.25, -0.2) is 9.97 Å². The number of benzene rings is 1. The lowest BCUT2D eigenvalue weighted by molar-refractivity contribution is -0.115. The lowest BCUT2D eigenvalue weighted by Crippen LogP contribution is -2.15. The number of rotatable bonds is 2. The minimum absolute atomic E-state index is 0.247. The molecule has 0 aliphatic heterocycles. The SMILES string of the molecule is CC(=O)Nc1nc2ccccc2nc1NC(C)=O. The summed E-state index contributed by atoms with van der Waals surface area (Å²) in [5.74, 6) is -0.0508. The zero-order valence-electron chi connectivity index (χ0n) is 10.0. The Labute approximate surface area is 103 Å². The lowest BCUT2D eigenvalue weighted by Gasteiger charge is -2.09. The van der Waals surface area contributed by atoms with E-state index >= 15 is 0 Å². The number of carbonyl (C=O) groups excluding carboxylic acids is 2. The highest BCUT2D eigenvalue weighted by Gasteiger charge is 2.10. The molecule has 2 rings (SSSR count). The fourth-order valence-corrected chi connectivity index (χ4v) is 1.51. The Bertz CT molecular complexity index is 570. The van der Waals surface area contributed by atoms with E-state index in [1.165, 1.54) is 13.8 Å². The Morgan fingerprint density at radius 2 is 1.28 bits per heavy atom. The molecule has 0 unspecified atom stereocenters. The standard InChI is InChI=1S/C12H12N4O2/c1-7(17)13-11-12(14-8(2)18)16-10-6-4-3-5-9(10)15-11/h3-6H,1-2H3,(H,13,15,17)(H,14,16,18). The molecular weight excluding hydrogens is 232 g/mol. The fourth-order valence-electron chi connectivity index (χ4n) is 1.51. The number of fused-ring (bicyclic) bond motifs is 1. The molecule has 0 saturated carbocycles. The maximum atomic E-state index is 11.1. The number of hydrogen-bond donors (Lipinski definition) is 2. The van der Waals surface area contributed by atoms with Gasteiger partial charge in [0.15, 0.2) is 11.6 Å². The van der Waals surface area contributed by atoms with Gasteiger partial charge in [0.05, 0.1) is 11.0 Å². The highest BCUT2D eigenvalue weighted by Crippen LogP contribution is 2.21.